The maximum atomic E-state index is 6.67. The van der Waals surface area contributed by atoms with E-state index in [1.165, 1.54) is 11.8 Å². The van der Waals surface area contributed by atoms with Crippen LogP contribution in [0.1, 0.15) is 38.3 Å². The van der Waals surface area contributed by atoms with Crippen LogP contribution in [0, 0.1) is 23.2 Å². The summed E-state index contributed by atoms with van der Waals surface area (Å²) in [6.45, 7) is 6.67. The van der Waals surface area contributed by atoms with Crippen LogP contribution < -0.4 is 16.4 Å². The van der Waals surface area contributed by atoms with Crippen LogP contribution in [0.15, 0.2) is 28.4 Å². The molecule has 1 spiro atoms. The maximum Gasteiger partial charge on any atom is 0.158 e. The summed E-state index contributed by atoms with van der Waals surface area (Å²) in [5.74, 6) is 8.12. The van der Waals surface area contributed by atoms with Crippen molar-refractivity contribution in [2.75, 3.05) is 50.5 Å². The summed E-state index contributed by atoms with van der Waals surface area (Å²) >= 11 is 8.07. The molecule has 5 rings (SSSR count). The molecule has 2 aromatic heterocycles. The molecule has 3 aliphatic rings. The third kappa shape index (κ3) is 5.29. The standard InChI is InChI=1S/C26H34ClN7OS/c1-17-23(28)26(16-35-17)8-13-34(14-9-26)21-15-31-25(24(29)32-21)36-20-5-10-30-19(22(20)27)4-3-18-6-11-33(2)12-7-18/h5,10,15,17-18,23H,6-9,11-14,16,28H2,1-2H3,(H2,29,32)/t17-,23+/m0/s1. The molecule has 3 aliphatic heterocycles. The van der Waals surface area contributed by atoms with Crippen LogP contribution in [-0.2, 0) is 4.74 Å². The van der Waals surface area contributed by atoms with E-state index in [4.69, 9.17) is 27.8 Å². The molecule has 0 radical (unpaired) electrons. The number of hydrogen-bond acceptors (Lipinski definition) is 9. The van der Waals surface area contributed by atoms with E-state index in [-0.39, 0.29) is 17.6 Å². The normalized spacial score (nSPS) is 24.6. The van der Waals surface area contributed by atoms with Gasteiger partial charge in [-0.2, -0.15) is 0 Å². The lowest BCUT2D eigenvalue weighted by molar-refractivity contribution is 0.0974. The van der Waals surface area contributed by atoms with Gasteiger partial charge in [0.1, 0.15) is 16.5 Å². The van der Waals surface area contributed by atoms with Crippen LogP contribution in [0.5, 0.6) is 0 Å². The molecular formula is C26H34ClN7OS. The van der Waals surface area contributed by atoms with E-state index in [2.05, 4.69) is 50.6 Å². The second-order valence-electron chi connectivity index (χ2n) is 10.2. The van der Waals surface area contributed by atoms with Crippen LogP contribution in [-0.4, -0.2) is 71.8 Å². The van der Waals surface area contributed by atoms with Gasteiger partial charge in [0.15, 0.2) is 5.82 Å². The zero-order valence-corrected chi connectivity index (χ0v) is 22.5. The Labute approximate surface area is 222 Å². The quantitative estimate of drug-likeness (QED) is 0.581. The molecule has 2 atom stereocenters. The number of nitrogens with two attached hydrogens (primary N) is 2. The maximum absolute atomic E-state index is 6.67. The topological polar surface area (TPSA) is 106 Å². The summed E-state index contributed by atoms with van der Waals surface area (Å²) < 4.78 is 5.84. The number of anilines is 2. The summed E-state index contributed by atoms with van der Waals surface area (Å²) in [7, 11) is 2.15. The number of hydrogen-bond donors (Lipinski definition) is 2. The summed E-state index contributed by atoms with van der Waals surface area (Å²) in [5, 5.41) is 1.15. The largest absolute Gasteiger partial charge is 0.381 e. The van der Waals surface area contributed by atoms with Crippen LogP contribution in [0.3, 0.4) is 0 Å². The molecule has 0 aromatic carbocycles. The molecule has 4 N–H and O–H groups in total. The van der Waals surface area contributed by atoms with Gasteiger partial charge >= 0.3 is 0 Å². The summed E-state index contributed by atoms with van der Waals surface area (Å²) in [4.78, 5) is 19.1. The molecule has 10 heteroatoms. The van der Waals surface area contributed by atoms with Crippen molar-refractivity contribution in [3.63, 3.8) is 0 Å². The molecule has 8 nitrogen and oxygen atoms in total. The monoisotopic (exact) mass is 527 g/mol. The van der Waals surface area contributed by atoms with Crippen molar-refractivity contribution in [3.8, 4) is 11.8 Å². The fraction of sp³-hybridized carbons (Fsp3) is 0.577. The molecule has 0 saturated carbocycles. The predicted octanol–water partition coefficient (Wildman–Crippen LogP) is 3.28. The van der Waals surface area contributed by atoms with Crippen molar-refractivity contribution < 1.29 is 4.74 Å². The fourth-order valence-electron chi connectivity index (χ4n) is 5.29. The Bertz CT molecular complexity index is 1150. The zero-order chi connectivity index (χ0) is 25.3. The van der Waals surface area contributed by atoms with Crippen LogP contribution in [0.2, 0.25) is 5.02 Å². The molecule has 5 heterocycles. The number of nitrogen functional groups attached to an aromatic ring is 1. The van der Waals surface area contributed by atoms with Gasteiger partial charge in [-0.25, -0.2) is 15.0 Å². The number of likely N-dealkylation sites (tertiary alicyclic amines) is 1. The smallest absolute Gasteiger partial charge is 0.158 e. The SMILES string of the molecule is C[C@@H]1OCC2(CCN(c3cnc(Sc4ccnc(C#CC5CCN(C)CC5)c4Cl)c(N)n3)CC2)[C@@H]1N. The average Bonchev–Trinajstić information content (AvgIpc) is 3.15. The van der Waals surface area contributed by atoms with E-state index in [1.54, 1.807) is 12.4 Å². The van der Waals surface area contributed by atoms with Crippen molar-refractivity contribution in [1.82, 2.24) is 19.9 Å². The molecule has 0 unspecified atom stereocenters. The average molecular weight is 528 g/mol. The third-order valence-corrected chi connectivity index (χ3v) is 9.42. The van der Waals surface area contributed by atoms with Crippen LogP contribution in [0.4, 0.5) is 11.6 Å². The lowest BCUT2D eigenvalue weighted by Gasteiger charge is -2.41. The van der Waals surface area contributed by atoms with Gasteiger partial charge in [-0.1, -0.05) is 29.3 Å². The van der Waals surface area contributed by atoms with E-state index in [9.17, 15) is 0 Å². The van der Waals surface area contributed by atoms with Crippen LogP contribution >= 0.6 is 23.4 Å². The van der Waals surface area contributed by atoms with Crippen molar-refractivity contribution in [2.45, 2.75) is 54.7 Å². The third-order valence-electron chi connectivity index (χ3n) is 7.85. The van der Waals surface area contributed by atoms with Crippen molar-refractivity contribution >= 4 is 35.0 Å². The Kier molecular flexibility index (Phi) is 7.61. The Morgan fingerprint density at radius 3 is 2.61 bits per heavy atom. The number of pyridine rings is 1. The van der Waals surface area contributed by atoms with E-state index in [0.717, 1.165) is 69.2 Å². The fourth-order valence-corrected chi connectivity index (χ4v) is 6.34. The Balaban J connectivity index is 1.25. The minimum absolute atomic E-state index is 0.0662. The minimum atomic E-state index is 0.0662. The molecule has 0 bridgehead atoms. The summed E-state index contributed by atoms with van der Waals surface area (Å²) in [5.41, 5.74) is 13.4. The van der Waals surface area contributed by atoms with Gasteiger partial charge in [0.05, 0.1) is 23.9 Å². The Morgan fingerprint density at radius 2 is 1.94 bits per heavy atom. The van der Waals surface area contributed by atoms with Gasteiger partial charge in [0.25, 0.3) is 0 Å². The lowest BCUT2D eigenvalue weighted by Crippen LogP contribution is -2.50. The van der Waals surface area contributed by atoms with Gasteiger partial charge in [0, 0.05) is 41.6 Å². The molecule has 192 valence electrons. The van der Waals surface area contributed by atoms with Gasteiger partial charge in [-0.3, -0.25) is 0 Å². The van der Waals surface area contributed by atoms with Crippen LogP contribution in [0.25, 0.3) is 0 Å². The molecule has 3 fully saturated rings. The van der Waals surface area contributed by atoms with Crippen molar-refractivity contribution in [1.29, 1.82) is 0 Å². The van der Waals surface area contributed by atoms with Gasteiger partial charge in [-0.15, -0.1) is 0 Å². The number of piperidine rings is 2. The predicted molar refractivity (Wildman–Crippen MR) is 144 cm³/mol. The highest BCUT2D eigenvalue weighted by molar-refractivity contribution is 7.99. The van der Waals surface area contributed by atoms with Gasteiger partial charge < -0.3 is 26.0 Å². The number of ether oxygens (including phenoxy) is 1. The first-order valence-electron chi connectivity index (χ1n) is 12.6. The lowest BCUT2D eigenvalue weighted by atomic mass is 9.73. The second kappa shape index (κ2) is 10.7. The summed E-state index contributed by atoms with van der Waals surface area (Å²) in [6, 6.07) is 1.94. The van der Waals surface area contributed by atoms with Gasteiger partial charge in [0.2, 0.25) is 0 Å². The molecule has 3 saturated heterocycles. The highest BCUT2D eigenvalue weighted by Gasteiger charge is 2.47. The van der Waals surface area contributed by atoms with E-state index in [0.29, 0.717) is 27.5 Å². The molecule has 0 amide bonds. The molecular weight excluding hydrogens is 494 g/mol. The first-order chi connectivity index (χ1) is 17.3. The molecule has 36 heavy (non-hydrogen) atoms. The second-order valence-corrected chi connectivity index (χ2v) is 11.6. The summed E-state index contributed by atoms with van der Waals surface area (Å²) in [6.07, 6.45) is 7.74. The first-order valence-corrected chi connectivity index (χ1v) is 13.8. The zero-order valence-electron chi connectivity index (χ0n) is 20.9. The molecule has 0 aliphatic carbocycles. The first kappa shape index (κ1) is 25.6. The van der Waals surface area contributed by atoms with Gasteiger partial charge in [-0.05, 0) is 64.7 Å². The van der Waals surface area contributed by atoms with E-state index >= 15 is 0 Å². The van der Waals surface area contributed by atoms with Crippen molar-refractivity contribution in [2.24, 2.45) is 17.1 Å². The number of halogens is 1. The Morgan fingerprint density at radius 1 is 1.19 bits per heavy atom. The number of aromatic nitrogens is 3. The van der Waals surface area contributed by atoms with Crippen molar-refractivity contribution in [3.05, 3.63) is 29.2 Å². The number of nitrogens with zero attached hydrogens (tertiary/aromatic N) is 5. The highest BCUT2D eigenvalue weighted by atomic mass is 35.5. The van der Waals surface area contributed by atoms with E-state index < -0.39 is 0 Å². The number of rotatable bonds is 3. The van der Waals surface area contributed by atoms with E-state index in [1.807, 2.05) is 6.07 Å². The molecule has 2 aromatic rings. The highest BCUT2D eigenvalue weighted by Crippen LogP contribution is 2.42. The minimum Gasteiger partial charge on any atom is -0.381 e. The Hall–Kier alpha value is -2.09.